The third-order valence-corrected chi connectivity index (χ3v) is 4.92. The highest BCUT2D eigenvalue weighted by Gasteiger charge is 2.34. The van der Waals surface area contributed by atoms with Gasteiger partial charge in [0.2, 0.25) is 0 Å². The molecule has 1 fully saturated rings. The summed E-state index contributed by atoms with van der Waals surface area (Å²) < 4.78 is 5.60. The average Bonchev–Trinajstić information content (AvgIpc) is 2.89. The summed E-state index contributed by atoms with van der Waals surface area (Å²) in [6.45, 7) is 11.8. The van der Waals surface area contributed by atoms with Crippen LogP contribution in [0.2, 0.25) is 0 Å². The quantitative estimate of drug-likeness (QED) is 0.872. The Morgan fingerprint density at radius 3 is 2.62 bits per heavy atom. The van der Waals surface area contributed by atoms with Gasteiger partial charge in [-0.05, 0) is 68.5 Å². The minimum atomic E-state index is 0.178. The van der Waals surface area contributed by atoms with E-state index in [0.717, 1.165) is 45.7 Å². The first-order chi connectivity index (χ1) is 9.89. The van der Waals surface area contributed by atoms with Crippen LogP contribution in [0.25, 0.3) is 0 Å². The van der Waals surface area contributed by atoms with E-state index >= 15 is 0 Å². The Morgan fingerprint density at radius 1 is 1.33 bits per heavy atom. The molecule has 3 nitrogen and oxygen atoms in total. The number of nitrogens with one attached hydrogen (secondary N) is 1. The van der Waals surface area contributed by atoms with Crippen molar-refractivity contribution in [1.82, 2.24) is 10.2 Å². The van der Waals surface area contributed by atoms with Gasteiger partial charge in [-0.15, -0.1) is 0 Å². The fourth-order valence-corrected chi connectivity index (χ4v) is 3.63. The molecule has 1 saturated heterocycles. The highest BCUT2D eigenvalue weighted by Crippen LogP contribution is 2.31. The molecule has 120 valence electrons. The number of ether oxygens (including phenoxy) is 1. The lowest BCUT2D eigenvalue weighted by Gasteiger charge is -2.42. The van der Waals surface area contributed by atoms with E-state index in [1.54, 1.807) is 11.3 Å². The Bertz CT molecular complexity index is 405. The zero-order chi connectivity index (χ0) is 15.3. The van der Waals surface area contributed by atoms with Crippen molar-refractivity contribution in [2.45, 2.75) is 45.7 Å². The smallest absolute Gasteiger partial charge is 0.0472 e. The lowest BCUT2D eigenvalue weighted by molar-refractivity contribution is -0.00436. The molecule has 0 aliphatic carbocycles. The highest BCUT2D eigenvalue weighted by molar-refractivity contribution is 7.07. The zero-order valence-corrected chi connectivity index (χ0v) is 14.8. The van der Waals surface area contributed by atoms with E-state index in [1.165, 1.54) is 5.56 Å². The first-order valence-corrected chi connectivity index (χ1v) is 8.85. The SMILES string of the molecule is CN(Cc1ccsc1)CC1(CNC(C)(C)C)CCOCC1. The number of rotatable bonds is 6. The lowest BCUT2D eigenvalue weighted by Crippen LogP contribution is -2.50. The minimum Gasteiger partial charge on any atom is -0.381 e. The Hall–Kier alpha value is -0.420. The van der Waals surface area contributed by atoms with Crippen LogP contribution in [0.1, 0.15) is 39.2 Å². The third-order valence-electron chi connectivity index (χ3n) is 4.19. The normalized spacial score (nSPS) is 19.1. The predicted octanol–water partition coefficient (Wildman–Crippen LogP) is 3.36. The van der Waals surface area contributed by atoms with Gasteiger partial charge in [-0.2, -0.15) is 11.3 Å². The Labute approximate surface area is 133 Å². The second-order valence-electron chi connectivity index (χ2n) is 7.52. The molecule has 1 N–H and O–H groups in total. The molecule has 2 heterocycles. The number of thiophene rings is 1. The summed E-state index contributed by atoms with van der Waals surface area (Å²) in [5, 5.41) is 8.13. The Balaban J connectivity index is 1.94. The Kier molecular flexibility index (Phi) is 5.83. The fraction of sp³-hybridized carbons (Fsp3) is 0.765. The molecular formula is C17H30N2OS. The molecule has 1 aliphatic rings. The van der Waals surface area contributed by atoms with Crippen molar-refractivity contribution in [2.75, 3.05) is 33.4 Å². The molecule has 1 aromatic rings. The van der Waals surface area contributed by atoms with Crippen molar-refractivity contribution in [3.05, 3.63) is 22.4 Å². The van der Waals surface area contributed by atoms with E-state index in [-0.39, 0.29) is 5.54 Å². The van der Waals surface area contributed by atoms with Gasteiger partial charge < -0.3 is 15.0 Å². The number of hydrogen-bond acceptors (Lipinski definition) is 4. The van der Waals surface area contributed by atoms with E-state index in [1.807, 2.05) is 0 Å². The predicted molar refractivity (Wildman–Crippen MR) is 90.9 cm³/mol. The largest absolute Gasteiger partial charge is 0.381 e. The number of hydrogen-bond donors (Lipinski definition) is 1. The van der Waals surface area contributed by atoms with Gasteiger partial charge >= 0.3 is 0 Å². The maximum Gasteiger partial charge on any atom is 0.0472 e. The zero-order valence-electron chi connectivity index (χ0n) is 13.9. The maximum absolute atomic E-state index is 5.60. The molecule has 0 saturated carbocycles. The average molecular weight is 311 g/mol. The van der Waals surface area contributed by atoms with E-state index in [0.29, 0.717) is 5.41 Å². The van der Waals surface area contributed by atoms with Crippen LogP contribution in [0.4, 0.5) is 0 Å². The molecule has 0 bridgehead atoms. The summed E-state index contributed by atoms with van der Waals surface area (Å²) >= 11 is 1.78. The molecule has 0 spiro atoms. The third kappa shape index (κ3) is 5.70. The summed E-state index contributed by atoms with van der Waals surface area (Å²) in [5.41, 5.74) is 1.95. The van der Waals surface area contributed by atoms with Crippen LogP contribution in [0.3, 0.4) is 0 Å². The molecule has 0 radical (unpaired) electrons. The summed E-state index contributed by atoms with van der Waals surface area (Å²) in [7, 11) is 2.24. The van der Waals surface area contributed by atoms with Gasteiger partial charge in [-0.3, -0.25) is 0 Å². The molecule has 0 aromatic carbocycles. The first kappa shape index (κ1) is 16.9. The molecule has 0 unspecified atom stereocenters. The van der Waals surface area contributed by atoms with Crippen LogP contribution < -0.4 is 5.32 Å². The van der Waals surface area contributed by atoms with Crippen molar-refractivity contribution in [3.8, 4) is 0 Å². The van der Waals surface area contributed by atoms with Gasteiger partial charge in [0.25, 0.3) is 0 Å². The topological polar surface area (TPSA) is 24.5 Å². The minimum absolute atomic E-state index is 0.178. The van der Waals surface area contributed by atoms with Crippen LogP contribution in [0.5, 0.6) is 0 Å². The van der Waals surface area contributed by atoms with Crippen molar-refractivity contribution >= 4 is 11.3 Å². The molecule has 0 amide bonds. The van der Waals surface area contributed by atoms with Crippen LogP contribution in [0, 0.1) is 5.41 Å². The Morgan fingerprint density at radius 2 is 2.05 bits per heavy atom. The lowest BCUT2D eigenvalue weighted by atomic mass is 9.79. The monoisotopic (exact) mass is 310 g/mol. The molecule has 2 rings (SSSR count). The van der Waals surface area contributed by atoms with Gasteiger partial charge in [0.1, 0.15) is 0 Å². The van der Waals surface area contributed by atoms with Gasteiger partial charge in [-0.25, -0.2) is 0 Å². The maximum atomic E-state index is 5.60. The molecular weight excluding hydrogens is 280 g/mol. The number of nitrogens with zero attached hydrogens (tertiary/aromatic N) is 1. The van der Waals surface area contributed by atoms with Gasteiger partial charge in [0, 0.05) is 38.4 Å². The molecule has 1 aliphatic heterocycles. The van der Waals surface area contributed by atoms with E-state index < -0.39 is 0 Å². The summed E-state index contributed by atoms with van der Waals surface area (Å²) in [6, 6.07) is 2.23. The van der Waals surface area contributed by atoms with Gasteiger partial charge in [0.15, 0.2) is 0 Å². The van der Waals surface area contributed by atoms with Crippen molar-refractivity contribution in [2.24, 2.45) is 5.41 Å². The molecule has 1 aromatic heterocycles. The van der Waals surface area contributed by atoms with Crippen molar-refractivity contribution in [3.63, 3.8) is 0 Å². The molecule has 4 heteroatoms. The summed E-state index contributed by atoms with van der Waals surface area (Å²) in [6.07, 6.45) is 2.31. The summed E-state index contributed by atoms with van der Waals surface area (Å²) in [5.74, 6) is 0. The second-order valence-corrected chi connectivity index (χ2v) is 8.30. The molecule has 0 atom stereocenters. The van der Waals surface area contributed by atoms with Crippen molar-refractivity contribution < 1.29 is 4.74 Å². The van der Waals surface area contributed by atoms with E-state index in [4.69, 9.17) is 4.74 Å². The van der Waals surface area contributed by atoms with Crippen LogP contribution in [-0.2, 0) is 11.3 Å². The molecule has 21 heavy (non-hydrogen) atoms. The fourth-order valence-electron chi connectivity index (χ4n) is 2.97. The summed E-state index contributed by atoms with van der Waals surface area (Å²) in [4.78, 5) is 2.47. The highest BCUT2D eigenvalue weighted by atomic mass is 32.1. The van der Waals surface area contributed by atoms with Gasteiger partial charge in [0.05, 0.1) is 0 Å². The van der Waals surface area contributed by atoms with Crippen LogP contribution in [-0.4, -0.2) is 43.8 Å². The van der Waals surface area contributed by atoms with Crippen LogP contribution in [0.15, 0.2) is 16.8 Å². The first-order valence-electron chi connectivity index (χ1n) is 7.91. The van der Waals surface area contributed by atoms with Gasteiger partial charge in [-0.1, -0.05) is 0 Å². The van der Waals surface area contributed by atoms with Crippen molar-refractivity contribution in [1.29, 1.82) is 0 Å². The van der Waals surface area contributed by atoms with Crippen LogP contribution >= 0.6 is 11.3 Å². The standard InChI is InChI=1S/C17H30N2OS/c1-16(2,3)18-13-17(6-8-20-9-7-17)14-19(4)11-15-5-10-21-12-15/h5,10,12,18H,6-9,11,13-14H2,1-4H3. The van der Waals surface area contributed by atoms with E-state index in [2.05, 4.69) is 54.9 Å². The van der Waals surface area contributed by atoms with E-state index in [9.17, 15) is 0 Å². The second kappa shape index (κ2) is 7.23.